The predicted octanol–water partition coefficient (Wildman–Crippen LogP) is 1.58. The zero-order valence-electron chi connectivity index (χ0n) is 13.2. The highest BCUT2D eigenvalue weighted by atomic mass is 16.5. The molecule has 23 heavy (non-hydrogen) atoms. The van der Waals surface area contributed by atoms with E-state index in [0.29, 0.717) is 30.3 Å². The molecule has 4 rings (SSSR count). The maximum atomic E-state index is 12.7. The SMILES string of the molecule is CO[C@@H]1C[C@@H](c2nc(C3CC3)n[nH]2)N(C(=O)c2cc(C)on2)C1. The van der Waals surface area contributed by atoms with Crippen molar-refractivity contribution in [2.75, 3.05) is 13.7 Å². The number of carbonyl (C=O) groups is 1. The van der Waals surface area contributed by atoms with Crippen LogP contribution in [0.3, 0.4) is 0 Å². The van der Waals surface area contributed by atoms with Crippen molar-refractivity contribution in [1.29, 1.82) is 0 Å². The third kappa shape index (κ3) is 2.63. The molecule has 1 N–H and O–H groups in total. The number of nitrogens with one attached hydrogen (secondary N) is 1. The molecule has 0 bridgehead atoms. The fourth-order valence-electron chi connectivity index (χ4n) is 3.03. The number of H-pyrrole nitrogens is 1. The highest BCUT2D eigenvalue weighted by molar-refractivity contribution is 5.92. The Kier molecular flexibility index (Phi) is 3.41. The third-order valence-electron chi connectivity index (χ3n) is 4.48. The van der Waals surface area contributed by atoms with Crippen LogP contribution < -0.4 is 0 Å². The zero-order valence-corrected chi connectivity index (χ0v) is 13.2. The van der Waals surface area contributed by atoms with Gasteiger partial charge in [0.15, 0.2) is 11.5 Å². The maximum absolute atomic E-state index is 12.7. The lowest BCUT2D eigenvalue weighted by molar-refractivity contribution is 0.0674. The summed E-state index contributed by atoms with van der Waals surface area (Å²) in [5.74, 6) is 2.49. The van der Waals surface area contributed by atoms with E-state index in [-0.39, 0.29) is 18.1 Å². The van der Waals surface area contributed by atoms with Crippen molar-refractivity contribution >= 4 is 5.91 Å². The molecule has 8 heteroatoms. The third-order valence-corrected chi connectivity index (χ3v) is 4.48. The number of nitrogens with zero attached hydrogens (tertiary/aromatic N) is 4. The molecule has 0 aromatic carbocycles. The van der Waals surface area contributed by atoms with Crippen molar-refractivity contribution < 1.29 is 14.1 Å². The van der Waals surface area contributed by atoms with Gasteiger partial charge in [-0.25, -0.2) is 4.98 Å². The van der Waals surface area contributed by atoms with E-state index in [2.05, 4.69) is 20.3 Å². The molecule has 2 aromatic rings. The van der Waals surface area contributed by atoms with Gasteiger partial charge in [-0.2, -0.15) is 5.10 Å². The first kappa shape index (κ1) is 14.4. The molecular formula is C15H19N5O3. The molecule has 122 valence electrons. The minimum Gasteiger partial charge on any atom is -0.380 e. The second-order valence-electron chi connectivity index (χ2n) is 6.24. The quantitative estimate of drug-likeness (QED) is 0.919. The monoisotopic (exact) mass is 317 g/mol. The van der Waals surface area contributed by atoms with Crippen LogP contribution in [-0.4, -0.2) is 50.9 Å². The number of aromatic amines is 1. The first-order chi connectivity index (χ1) is 11.2. The van der Waals surface area contributed by atoms with E-state index < -0.39 is 0 Å². The molecule has 1 saturated carbocycles. The predicted molar refractivity (Wildman–Crippen MR) is 78.8 cm³/mol. The molecule has 1 saturated heterocycles. The highest BCUT2D eigenvalue weighted by Crippen LogP contribution is 2.39. The number of hydrogen-bond acceptors (Lipinski definition) is 6. The van der Waals surface area contributed by atoms with Gasteiger partial charge in [0.2, 0.25) is 0 Å². The second kappa shape index (κ2) is 5.45. The number of carbonyl (C=O) groups excluding carboxylic acids is 1. The van der Waals surface area contributed by atoms with E-state index in [4.69, 9.17) is 9.26 Å². The molecule has 2 fully saturated rings. The molecule has 2 aliphatic rings. The molecule has 1 aliphatic heterocycles. The summed E-state index contributed by atoms with van der Waals surface area (Å²) < 4.78 is 10.5. The number of methoxy groups -OCH3 is 1. The molecule has 2 aromatic heterocycles. The van der Waals surface area contributed by atoms with Crippen LogP contribution in [0.25, 0.3) is 0 Å². The Morgan fingerprint density at radius 2 is 2.30 bits per heavy atom. The van der Waals surface area contributed by atoms with E-state index in [9.17, 15) is 4.79 Å². The Balaban J connectivity index is 1.60. The summed E-state index contributed by atoms with van der Waals surface area (Å²) in [6, 6.07) is 1.47. The number of rotatable bonds is 4. The first-order valence-corrected chi connectivity index (χ1v) is 7.85. The Morgan fingerprint density at radius 1 is 1.48 bits per heavy atom. The Hall–Kier alpha value is -2.22. The summed E-state index contributed by atoms with van der Waals surface area (Å²) in [6.07, 6.45) is 2.96. The van der Waals surface area contributed by atoms with Crippen molar-refractivity contribution in [3.63, 3.8) is 0 Å². The van der Waals surface area contributed by atoms with Gasteiger partial charge in [-0.3, -0.25) is 9.89 Å². The smallest absolute Gasteiger partial charge is 0.276 e. The van der Waals surface area contributed by atoms with Gasteiger partial charge >= 0.3 is 0 Å². The number of ether oxygens (including phenoxy) is 1. The van der Waals surface area contributed by atoms with Crippen molar-refractivity contribution in [1.82, 2.24) is 25.2 Å². The molecule has 3 heterocycles. The van der Waals surface area contributed by atoms with Crippen LogP contribution in [0.4, 0.5) is 0 Å². The summed E-state index contributed by atoms with van der Waals surface area (Å²) in [4.78, 5) is 19.1. The number of aromatic nitrogens is 4. The molecule has 8 nitrogen and oxygen atoms in total. The number of aryl methyl sites for hydroxylation is 1. The lowest BCUT2D eigenvalue weighted by atomic mass is 10.2. The van der Waals surface area contributed by atoms with E-state index in [0.717, 1.165) is 24.5 Å². The number of amides is 1. The largest absolute Gasteiger partial charge is 0.380 e. The van der Waals surface area contributed by atoms with Crippen LogP contribution in [0, 0.1) is 6.92 Å². The highest BCUT2D eigenvalue weighted by Gasteiger charge is 2.40. The van der Waals surface area contributed by atoms with Crippen molar-refractivity contribution in [3.8, 4) is 0 Å². The summed E-state index contributed by atoms with van der Waals surface area (Å²) in [7, 11) is 1.66. The van der Waals surface area contributed by atoms with Gasteiger partial charge < -0.3 is 14.2 Å². The molecule has 2 atom stereocenters. The van der Waals surface area contributed by atoms with Crippen LogP contribution in [0.2, 0.25) is 0 Å². The van der Waals surface area contributed by atoms with Crippen LogP contribution >= 0.6 is 0 Å². The minimum atomic E-state index is -0.176. The van der Waals surface area contributed by atoms with Crippen molar-refractivity contribution in [2.24, 2.45) is 0 Å². The normalized spacial score (nSPS) is 24.3. The van der Waals surface area contributed by atoms with Crippen LogP contribution in [0.15, 0.2) is 10.6 Å². The average molecular weight is 317 g/mol. The van der Waals surface area contributed by atoms with Gasteiger partial charge in [0.1, 0.15) is 11.6 Å². The molecule has 1 aliphatic carbocycles. The maximum Gasteiger partial charge on any atom is 0.276 e. The Labute approximate surface area is 133 Å². The molecular weight excluding hydrogens is 298 g/mol. The van der Waals surface area contributed by atoms with Crippen LogP contribution in [-0.2, 0) is 4.74 Å². The van der Waals surface area contributed by atoms with E-state index >= 15 is 0 Å². The molecule has 0 unspecified atom stereocenters. The fraction of sp³-hybridized carbons (Fsp3) is 0.600. The average Bonchev–Trinajstić information content (AvgIpc) is 2.99. The Morgan fingerprint density at radius 3 is 2.96 bits per heavy atom. The van der Waals surface area contributed by atoms with Crippen LogP contribution in [0.1, 0.15) is 59.1 Å². The summed E-state index contributed by atoms with van der Waals surface area (Å²) in [5, 5.41) is 11.1. The van der Waals surface area contributed by atoms with Gasteiger partial charge in [-0.05, 0) is 19.8 Å². The molecule has 1 amide bonds. The molecule has 0 radical (unpaired) electrons. The second-order valence-corrected chi connectivity index (χ2v) is 6.24. The number of hydrogen-bond donors (Lipinski definition) is 1. The topological polar surface area (TPSA) is 97.1 Å². The van der Waals surface area contributed by atoms with Gasteiger partial charge in [0.05, 0.1) is 12.1 Å². The first-order valence-electron chi connectivity index (χ1n) is 7.85. The lowest BCUT2D eigenvalue weighted by Crippen LogP contribution is -2.32. The number of likely N-dealkylation sites (tertiary alicyclic amines) is 1. The summed E-state index contributed by atoms with van der Waals surface area (Å²) in [5.41, 5.74) is 0.311. The van der Waals surface area contributed by atoms with E-state index in [1.54, 1.807) is 25.0 Å². The van der Waals surface area contributed by atoms with Gasteiger partial charge in [0.25, 0.3) is 5.91 Å². The zero-order chi connectivity index (χ0) is 16.0. The van der Waals surface area contributed by atoms with Crippen molar-refractivity contribution in [3.05, 3.63) is 29.2 Å². The van der Waals surface area contributed by atoms with E-state index in [1.165, 1.54) is 0 Å². The van der Waals surface area contributed by atoms with E-state index in [1.807, 2.05) is 0 Å². The van der Waals surface area contributed by atoms with Crippen molar-refractivity contribution in [2.45, 2.75) is 44.2 Å². The fourth-order valence-corrected chi connectivity index (χ4v) is 3.03. The van der Waals surface area contributed by atoms with Gasteiger partial charge in [-0.15, -0.1) is 0 Å². The van der Waals surface area contributed by atoms with Gasteiger partial charge in [0, 0.05) is 32.1 Å². The Bertz CT molecular complexity index is 720. The summed E-state index contributed by atoms with van der Waals surface area (Å²) >= 11 is 0. The van der Waals surface area contributed by atoms with Crippen LogP contribution in [0.5, 0.6) is 0 Å². The van der Waals surface area contributed by atoms with Gasteiger partial charge in [-0.1, -0.05) is 5.16 Å². The molecule has 0 spiro atoms. The summed E-state index contributed by atoms with van der Waals surface area (Å²) in [6.45, 7) is 2.27. The lowest BCUT2D eigenvalue weighted by Gasteiger charge is -2.21. The minimum absolute atomic E-state index is 0.0218. The standard InChI is InChI=1S/C15H19N5O3/c1-8-5-11(19-23-8)15(21)20-7-10(22-2)6-12(20)14-16-13(17-18-14)9-3-4-9/h5,9-10,12H,3-4,6-7H2,1-2H3,(H,16,17,18)/t10-,12+/m1/s1.